The first kappa shape index (κ1) is 16.6. The van der Waals surface area contributed by atoms with E-state index in [0.717, 1.165) is 24.8 Å². The summed E-state index contributed by atoms with van der Waals surface area (Å²) in [6.07, 6.45) is 2.53. The van der Waals surface area contributed by atoms with Gasteiger partial charge >= 0.3 is 6.03 Å². The molecule has 0 spiro atoms. The van der Waals surface area contributed by atoms with Gasteiger partial charge in [-0.25, -0.2) is 4.79 Å². The van der Waals surface area contributed by atoms with Gasteiger partial charge in [0.2, 0.25) is 0 Å². The molecule has 2 atom stereocenters. The predicted molar refractivity (Wildman–Crippen MR) is 93.3 cm³/mol. The molecule has 0 radical (unpaired) electrons. The molecule has 1 aromatic carbocycles. The van der Waals surface area contributed by atoms with Gasteiger partial charge in [-0.2, -0.15) is 4.98 Å². The van der Waals surface area contributed by atoms with Crippen molar-refractivity contribution in [3.63, 3.8) is 0 Å². The van der Waals surface area contributed by atoms with E-state index in [-0.39, 0.29) is 18.1 Å². The van der Waals surface area contributed by atoms with Crippen LogP contribution in [0.1, 0.15) is 19.3 Å². The van der Waals surface area contributed by atoms with E-state index < -0.39 is 0 Å². The SMILES string of the molecule is CN(CC1CCCC1O)C(=O)Nc1ccc2nc(N(C)C)oc2c1. The Morgan fingerprint density at radius 3 is 2.83 bits per heavy atom. The average molecular weight is 332 g/mol. The molecular formula is C17H24N4O3. The number of benzene rings is 1. The molecule has 7 heteroatoms. The van der Waals surface area contributed by atoms with Gasteiger partial charge in [-0.05, 0) is 25.0 Å². The number of nitrogens with zero attached hydrogens (tertiary/aromatic N) is 3. The summed E-state index contributed by atoms with van der Waals surface area (Å²) in [5, 5.41) is 12.8. The minimum atomic E-state index is -0.296. The van der Waals surface area contributed by atoms with Crippen molar-refractivity contribution in [1.29, 1.82) is 0 Å². The fraction of sp³-hybridized carbons (Fsp3) is 0.529. The highest BCUT2D eigenvalue weighted by Crippen LogP contribution is 2.27. The highest BCUT2D eigenvalue weighted by Gasteiger charge is 2.27. The average Bonchev–Trinajstić information content (AvgIpc) is 3.13. The summed E-state index contributed by atoms with van der Waals surface area (Å²) >= 11 is 0. The third kappa shape index (κ3) is 3.46. The van der Waals surface area contributed by atoms with Crippen LogP contribution in [-0.2, 0) is 0 Å². The summed E-state index contributed by atoms with van der Waals surface area (Å²) < 4.78 is 5.65. The Hall–Kier alpha value is -2.28. The summed E-state index contributed by atoms with van der Waals surface area (Å²) in [6, 6.07) is 5.73. The molecule has 0 bridgehead atoms. The number of aliphatic hydroxyl groups is 1. The van der Waals surface area contributed by atoms with Crippen LogP contribution in [0.15, 0.2) is 22.6 Å². The van der Waals surface area contributed by atoms with Crippen molar-refractivity contribution in [3.8, 4) is 0 Å². The Morgan fingerprint density at radius 2 is 2.17 bits per heavy atom. The van der Waals surface area contributed by atoms with Crippen LogP contribution >= 0.6 is 0 Å². The Kier molecular flexibility index (Phi) is 4.62. The first-order valence-corrected chi connectivity index (χ1v) is 8.22. The molecule has 1 aliphatic carbocycles. The Balaban J connectivity index is 1.66. The largest absolute Gasteiger partial charge is 0.423 e. The second-order valence-corrected chi connectivity index (χ2v) is 6.64. The summed E-state index contributed by atoms with van der Waals surface area (Å²) in [5.41, 5.74) is 2.04. The number of oxazole rings is 1. The van der Waals surface area contributed by atoms with E-state index in [9.17, 15) is 9.90 Å². The van der Waals surface area contributed by atoms with Gasteiger partial charge in [-0.1, -0.05) is 6.42 Å². The standard InChI is InChI=1S/C17H24N4O3/c1-20(2)17-19-13-8-7-12(9-15(13)24-17)18-16(23)21(3)10-11-5-4-6-14(11)22/h7-9,11,14,22H,4-6,10H2,1-3H3,(H,18,23). The smallest absolute Gasteiger partial charge is 0.321 e. The molecule has 24 heavy (non-hydrogen) atoms. The molecule has 1 aromatic heterocycles. The molecule has 2 unspecified atom stereocenters. The van der Waals surface area contributed by atoms with Gasteiger partial charge in [0, 0.05) is 45.4 Å². The fourth-order valence-electron chi connectivity index (χ4n) is 3.07. The van der Waals surface area contributed by atoms with Crippen molar-refractivity contribution in [2.45, 2.75) is 25.4 Å². The molecule has 2 N–H and O–H groups in total. The third-order valence-corrected chi connectivity index (χ3v) is 4.49. The van der Waals surface area contributed by atoms with Crippen LogP contribution in [0.5, 0.6) is 0 Å². The van der Waals surface area contributed by atoms with E-state index in [1.54, 1.807) is 29.0 Å². The maximum atomic E-state index is 12.3. The molecule has 1 heterocycles. The van der Waals surface area contributed by atoms with Crippen molar-refractivity contribution in [2.75, 3.05) is 37.9 Å². The quantitative estimate of drug-likeness (QED) is 0.899. The predicted octanol–water partition coefficient (Wildman–Crippen LogP) is 2.52. The van der Waals surface area contributed by atoms with Crippen LogP contribution in [0, 0.1) is 5.92 Å². The molecule has 7 nitrogen and oxygen atoms in total. The van der Waals surface area contributed by atoms with Gasteiger partial charge in [-0.3, -0.25) is 0 Å². The minimum absolute atomic E-state index is 0.167. The van der Waals surface area contributed by atoms with Gasteiger partial charge in [0.25, 0.3) is 6.01 Å². The monoisotopic (exact) mass is 332 g/mol. The summed E-state index contributed by atoms with van der Waals surface area (Å²) in [5.74, 6) is 0.167. The van der Waals surface area contributed by atoms with Gasteiger partial charge in [0.05, 0.1) is 6.10 Å². The molecule has 1 fully saturated rings. The molecule has 1 aliphatic rings. The molecular weight excluding hydrogens is 308 g/mol. The van der Waals surface area contributed by atoms with E-state index in [1.807, 2.05) is 20.2 Å². The van der Waals surface area contributed by atoms with Gasteiger partial charge in [-0.15, -0.1) is 0 Å². The summed E-state index contributed by atoms with van der Waals surface area (Å²) in [7, 11) is 5.47. The maximum absolute atomic E-state index is 12.3. The van der Waals surface area contributed by atoms with Crippen molar-refractivity contribution in [3.05, 3.63) is 18.2 Å². The number of amides is 2. The fourth-order valence-corrected chi connectivity index (χ4v) is 3.07. The number of hydrogen-bond acceptors (Lipinski definition) is 5. The maximum Gasteiger partial charge on any atom is 0.321 e. The zero-order chi connectivity index (χ0) is 17.3. The number of aromatic nitrogens is 1. The van der Waals surface area contributed by atoms with E-state index in [2.05, 4.69) is 10.3 Å². The van der Waals surface area contributed by atoms with Crippen molar-refractivity contribution in [1.82, 2.24) is 9.88 Å². The number of carbonyl (C=O) groups is 1. The van der Waals surface area contributed by atoms with Gasteiger partial charge in [0.15, 0.2) is 5.58 Å². The number of aliphatic hydroxyl groups excluding tert-OH is 1. The van der Waals surface area contributed by atoms with Crippen LogP contribution in [0.4, 0.5) is 16.5 Å². The first-order chi connectivity index (χ1) is 11.4. The number of rotatable bonds is 4. The van der Waals surface area contributed by atoms with Crippen LogP contribution in [0.2, 0.25) is 0 Å². The first-order valence-electron chi connectivity index (χ1n) is 8.22. The van der Waals surface area contributed by atoms with E-state index >= 15 is 0 Å². The number of nitrogens with one attached hydrogen (secondary N) is 1. The van der Waals surface area contributed by atoms with E-state index in [4.69, 9.17) is 4.42 Å². The molecule has 2 amide bonds. The number of hydrogen-bond donors (Lipinski definition) is 2. The second kappa shape index (κ2) is 6.68. The second-order valence-electron chi connectivity index (χ2n) is 6.64. The zero-order valence-electron chi connectivity index (χ0n) is 14.3. The molecule has 2 aromatic rings. The lowest BCUT2D eigenvalue weighted by molar-refractivity contribution is 0.116. The van der Waals surface area contributed by atoms with Gasteiger partial charge < -0.3 is 24.6 Å². The lowest BCUT2D eigenvalue weighted by atomic mass is 10.1. The minimum Gasteiger partial charge on any atom is -0.423 e. The lowest BCUT2D eigenvalue weighted by Gasteiger charge is -2.23. The van der Waals surface area contributed by atoms with Crippen LogP contribution in [0.3, 0.4) is 0 Å². The number of anilines is 2. The topological polar surface area (TPSA) is 81.8 Å². The van der Waals surface area contributed by atoms with Crippen molar-refractivity contribution in [2.24, 2.45) is 5.92 Å². The van der Waals surface area contributed by atoms with E-state index in [0.29, 0.717) is 23.8 Å². The lowest BCUT2D eigenvalue weighted by Crippen LogP contribution is -2.37. The normalized spacial score (nSPS) is 20.3. The number of carbonyl (C=O) groups excluding carboxylic acids is 1. The highest BCUT2D eigenvalue weighted by molar-refractivity contribution is 5.91. The molecule has 1 saturated carbocycles. The van der Waals surface area contributed by atoms with Crippen LogP contribution in [-0.4, -0.2) is 54.8 Å². The van der Waals surface area contributed by atoms with Crippen molar-refractivity contribution >= 4 is 28.8 Å². The molecule has 0 saturated heterocycles. The zero-order valence-corrected chi connectivity index (χ0v) is 14.3. The van der Waals surface area contributed by atoms with E-state index in [1.165, 1.54) is 0 Å². The Bertz CT molecular complexity index is 728. The molecule has 3 rings (SSSR count). The number of urea groups is 1. The van der Waals surface area contributed by atoms with Crippen LogP contribution < -0.4 is 10.2 Å². The van der Waals surface area contributed by atoms with Crippen LogP contribution in [0.25, 0.3) is 11.1 Å². The Morgan fingerprint density at radius 1 is 1.38 bits per heavy atom. The Labute approximate surface area is 141 Å². The van der Waals surface area contributed by atoms with Gasteiger partial charge in [0.1, 0.15) is 5.52 Å². The number of fused-ring (bicyclic) bond motifs is 1. The van der Waals surface area contributed by atoms with Crippen molar-refractivity contribution < 1.29 is 14.3 Å². The third-order valence-electron chi connectivity index (χ3n) is 4.49. The molecule has 130 valence electrons. The molecule has 0 aliphatic heterocycles. The highest BCUT2D eigenvalue weighted by atomic mass is 16.4. The summed E-state index contributed by atoms with van der Waals surface area (Å²) in [6.45, 7) is 0.558. The summed E-state index contributed by atoms with van der Waals surface area (Å²) in [4.78, 5) is 20.1.